The van der Waals surface area contributed by atoms with E-state index in [9.17, 15) is 14.4 Å². The van der Waals surface area contributed by atoms with Gasteiger partial charge in [-0.15, -0.1) is 0 Å². The Labute approximate surface area is 175 Å². The molecule has 1 N–H and O–H groups in total. The molecule has 29 heavy (non-hydrogen) atoms. The number of nitrogens with one attached hydrogen (secondary N) is 1. The van der Waals surface area contributed by atoms with Crippen LogP contribution in [-0.2, 0) is 11.3 Å². The zero-order valence-corrected chi connectivity index (χ0v) is 17.6. The Bertz CT molecular complexity index is 898. The Morgan fingerprint density at radius 1 is 1.31 bits per heavy atom. The standard InChI is InChI=1S/C21H27ClN4O3/c1-3-10-25(4-2)11-6-9-23-20(28)18-15-24-19(26(12-13-27)21(18)29)16-7-5-8-17(22)14-16/h5,7-8,13-15H,3-4,6,9-12H2,1-2H3,(H,23,28). The SMILES string of the molecule is CCCN(CC)CCCNC(=O)c1cnc(-c2cccc(Cl)c2)n(CC=O)c1=O. The number of benzene rings is 1. The Morgan fingerprint density at radius 2 is 2.10 bits per heavy atom. The lowest BCUT2D eigenvalue weighted by atomic mass is 10.2. The quantitative estimate of drug-likeness (QED) is 0.448. The number of carbonyl (C=O) groups excluding carboxylic acids is 2. The highest BCUT2D eigenvalue weighted by atomic mass is 35.5. The second kappa shape index (κ2) is 11.5. The molecule has 2 rings (SSSR count). The fourth-order valence-electron chi connectivity index (χ4n) is 3.09. The van der Waals surface area contributed by atoms with Crippen LogP contribution in [0.5, 0.6) is 0 Å². The molecular weight excluding hydrogens is 392 g/mol. The number of aldehydes is 1. The Balaban J connectivity index is 2.15. The molecule has 8 heteroatoms. The average Bonchev–Trinajstić information content (AvgIpc) is 2.71. The Morgan fingerprint density at radius 3 is 2.76 bits per heavy atom. The maximum atomic E-state index is 12.8. The number of rotatable bonds is 11. The summed E-state index contributed by atoms with van der Waals surface area (Å²) in [6.45, 7) is 7.37. The molecule has 0 saturated carbocycles. The van der Waals surface area contributed by atoms with E-state index >= 15 is 0 Å². The molecule has 0 bridgehead atoms. The van der Waals surface area contributed by atoms with Crippen molar-refractivity contribution in [2.45, 2.75) is 33.2 Å². The summed E-state index contributed by atoms with van der Waals surface area (Å²) < 4.78 is 1.19. The molecule has 0 aliphatic rings. The number of amides is 1. The molecule has 7 nitrogen and oxygen atoms in total. The molecule has 0 unspecified atom stereocenters. The molecule has 0 atom stereocenters. The minimum absolute atomic E-state index is 0.0847. The van der Waals surface area contributed by atoms with E-state index in [0.29, 0.717) is 29.2 Å². The number of nitrogens with zero attached hydrogens (tertiary/aromatic N) is 3. The molecule has 1 heterocycles. The van der Waals surface area contributed by atoms with Crippen molar-refractivity contribution in [1.29, 1.82) is 0 Å². The predicted molar refractivity (Wildman–Crippen MR) is 114 cm³/mol. The van der Waals surface area contributed by atoms with Crippen LogP contribution in [0, 0.1) is 0 Å². The largest absolute Gasteiger partial charge is 0.352 e. The summed E-state index contributed by atoms with van der Waals surface area (Å²) >= 11 is 6.02. The molecular formula is C21H27ClN4O3. The first-order valence-electron chi connectivity index (χ1n) is 9.81. The van der Waals surface area contributed by atoms with Crippen LogP contribution in [0.2, 0.25) is 5.02 Å². The van der Waals surface area contributed by atoms with Crippen molar-refractivity contribution in [2.75, 3.05) is 26.2 Å². The summed E-state index contributed by atoms with van der Waals surface area (Å²) in [6.07, 6.45) is 3.73. The molecule has 156 valence electrons. The highest BCUT2D eigenvalue weighted by molar-refractivity contribution is 6.30. The third-order valence-electron chi connectivity index (χ3n) is 4.56. The van der Waals surface area contributed by atoms with Gasteiger partial charge in [0.15, 0.2) is 0 Å². The van der Waals surface area contributed by atoms with E-state index in [0.717, 1.165) is 32.5 Å². The summed E-state index contributed by atoms with van der Waals surface area (Å²) in [5.41, 5.74) is -0.0433. The third kappa shape index (κ3) is 6.24. The number of hydrogen-bond acceptors (Lipinski definition) is 5. The highest BCUT2D eigenvalue weighted by Gasteiger charge is 2.17. The van der Waals surface area contributed by atoms with Crippen LogP contribution in [0.15, 0.2) is 35.3 Å². The van der Waals surface area contributed by atoms with Crippen molar-refractivity contribution in [3.63, 3.8) is 0 Å². The molecule has 2 aromatic rings. The number of carbonyl (C=O) groups is 2. The van der Waals surface area contributed by atoms with Crippen LogP contribution < -0.4 is 10.9 Å². The molecule has 0 aliphatic heterocycles. The van der Waals surface area contributed by atoms with Gasteiger partial charge in [-0.25, -0.2) is 4.98 Å². The van der Waals surface area contributed by atoms with E-state index in [1.807, 2.05) is 0 Å². The van der Waals surface area contributed by atoms with E-state index in [2.05, 4.69) is 29.0 Å². The van der Waals surface area contributed by atoms with Crippen molar-refractivity contribution in [3.05, 3.63) is 51.4 Å². The molecule has 1 aromatic carbocycles. The Hall–Kier alpha value is -2.51. The van der Waals surface area contributed by atoms with Gasteiger partial charge < -0.3 is 15.0 Å². The van der Waals surface area contributed by atoms with Gasteiger partial charge in [0.1, 0.15) is 17.7 Å². The van der Waals surface area contributed by atoms with Crippen molar-refractivity contribution >= 4 is 23.8 Å². The van der Waals surface area contributed by atoms with Crippen LogP contribution in [0.1, 0.15) is 37.0 Å². The van der Waals surface area contributed by atoms with Crippen LogP contribution in [0.3, 0.4) is 0 Å². The maximum Gasteiger partial charge on any atom is 0.267 e. The van der Waals surface area contributed by atoms with Gasteiger partial charge in [0, 0.05) is 23.3 Å². The Kier molecular flexibility index (Phi) is 9.02. The summed E-state index contributed by atoms with van der Waals surface area (Å²) in [4.78, 5) is 43.0. The summed E-state index contributed by atoms with van der Waals surface area (Å²) in [5, 5.41) is 3.26. The first kappa shape index (κ1) is 22.8. The zero-order chi connectivity index (χ0) is 21.2. The van der Waals surface area contributed by atoms with Crippen LogP contribution in [-0.4, -0.2) is 52.8 Å². The molecule has 0 saturated heterocycles. The smallest absolute Gasteiger partial charge is 0.267 e. The first-order chi connectivity index (χ1) is 14.0. The van der Waals surface area contributed by atoms with E-state index in [-0.39, 0.29) is 12.1 Å². The van der Waals surface area contributed by atoms with Crippen molar-refractivity contribution in [1.82, 2.24) is 19.8 Å². The van der Waals surface area contributed by atoms with E-state index in [1.165, 1.54) is 10.8 Å². The zero-order valence-electron chi connectivity index (χ0n) is 16.9. The van der Waals surface area contributed by atoms with E-state index in [1.54, 1.807) is 24.3 Å². The second-order valence-electron chi connectivity index (χ2n) is 6.63. The van der Waals surface area contributed by atoms with Gasteiger partial charge in [-0.2, -0.15) is 0 Å². The minimum Gasteiger partial charge on any atom is -0.352 e. The molecule has 0 fully saturated rings. The van der Waals surface area contributed by atoms with Crippen LogP contribution >= 0.6 is 11.6 Å². The first-order valence-corrected chi connectivity index (χ1v) is 10.2. The third-order valence-corrected chi connectivity index (χ3v) is 4.79. The van der Waals surface area contributed by atoms with Gasteiger partial charge in [0.2, 0.25) is 0 Å². The number of hydrogen-bond donors (Lipinski definition) is 1. The predicted octanol–water partition coefficient (Wildman–Crippen LogP) is 2.61. The maximum absolute atomic E-state index is 12.8. The monoisotopic (exact) mass is 418 g/mol. The normalized spacial score (nSPS) is 10.9. The lowest BCUT2D eigenvalue weighted by Gasteiger charge is -2.19. The molecule has 0 aliphatic carbocycles. The van der Waals surface area contributed by atoms with Gasteiger partial charge >= 0.3 is 0 Å². The van der Waals surface area contributed by atoms with Crippen LogP contribution in [0.25, 0.3) is 11.4 Å². The molecule has 1 amide bonds. The van der Waals surface area contributed by atoms with Gasteiger partial charge in [0.05, 0.1) is 6.54 Å². The number of halogens is 1. The van der Waals surface area contributed by atoms with Gasteiger partial charge in [-0.1, -0.05) is 37.6 Å². The molecule has 0 radical (unpaired) electrons. The fourth-order valence-corrected chi connectivity index (χ4v) is 3.28. The van der Waals surface area contributed by atoms with Gasteiger partial charge in [0.25, 0.3) is 11.5 Å². The summed E-state index contributed by atoms with van der Waals surface area (Å²) in [6, 6.07) is 6.83. The lowest BCUT2D eigenvalue weighted by molar-refractivity contribution is -0.108. The summed E-state index contributed by atoms with van der Waals surface area (Å²) in [5.74, 6) is -0.197. The fraction of sp³-hybridized carbons (Fsp3) is 0.429. The minimum atomic E-state index is -0.555. The van der Waals surface area contributed by atoms with E-state index < -0.39 is 11.5 Å². The van der Waals surface area contributed by atoms with Crippen molar-refractivity contribution < 1.29 is 9.59 Å². The lowest BCUT2D eigenvalue weighted by Crippen LogP contribution is -2.36. The highest BCUT2D eigenvalue weighted by Crippen LogP contribution is 2.20. The van der Waals surface area contributed by atoms with Gasteiger partial charge in [-0.3, -0.25) is 14.2 Å². The molecule has 1 aromatic heterocycles. The summed E-state index contributed by atoms with van der Waals surface area (Å²) in [7, 11) is 0. The topological polar surface area (TPSA) is 84.3 Å². The van der Waals surface area contributed by atoms with E-state index in [4.69, 9.17) is 11.6 Å². The molecule has 0 spiro atoms. The van der Waals surface area contributed by atoms with Crippen molar-refractivity contribution in [3.8, 4) is 11.4 Å². The average molecular weight is 419 g/mol. The van der Waals surface area contributed by atoms with Gasteiger partial charge in [-0.05, 0) is 44.6 Å². The number of aromatic nitrogens is 2. The second-order valence-corrected chi connectivity index (χ2v) is 7.07. The van der Waals surface area contributed by atoms with Crippen molar-refractivity contribution in [2.24, 2.45) is 0 Å². The van der Waals surface area contributed by atoms with Crippen LogP contribution in [0.4, 0.5) is 0 Å².